The zero-order valence-electron chi connectivity index (χ0n) is 11.6. The summed E-state index contributed by atoms with van der Waals surface area (Å²) in [6.07, 6.45) is 1.45. The molecule has 7 heteroatoms. The van der Waals surface area contributed by atoms with Crippen LogP contribution in [0.1, 0.15) is 34.1 Å². The first-order chi connectivity index (χ1) is 7.91. The summed E-state index contributed by atoms with van der Waals surface area (Å²) in [5.41, 5.74) is 5.41. The predicted octanol–water partition coefficient (Wildman–Crippen LogP) is 0.723. The van der Waals surface area contributed by atoms with Crippen LogP contribution in [-0.4, -0.2) is 47.8 Å². The molecule has 0 fully saturated rings. The van der Waals surface area contributed by atoms with Crippen molar-refractivity contribution in [3.05, 3.63) is 0 Å². The molecule has 1 amide bonds. The lowest BCUT2D eigenvalue weighted by molar-refractivity contribution is -0.134. The van der Waals surface area contributed by atoms with Gasteiger partial charge in [0.15, 0.2) is 9.84 Å². The number of thiocarbonyl (C=S) groups is 1. The maximum absolute atomic E-state index is 12.3. The zero-order valence-corrected chi connectivity index (χ0v) is 13.2. The van der Waals surface area contributed by atoms with Crippen LogP contribution in [0.15, 0.2) is 0 Å². The summed E-state index contributed by atoms with van der Waals surface area (Å²) in [5.74, 6) is -0.420. The number of sulfone groups is 1. The minimum absolute atomic E-state index is 0.104. The second-order valence-corrected chi connectivity index (χ2v) is 8.18. The molecule has 0 atom stereocenters. The van der Waals surface area contributed by atoms with E-state index in [0.29, 0.717) is 18.0 Å². The molecule has 0 radical (unpaired) electrons. The molecule has 0 saturated carbocycles. The summed E-state index contributed by atoms with van der Waals surface area (Å²) >= 11 is 4.78. The van der Waals surface area contributed by atoms with E-state index >= 15 is 0 Å². The Bertz CT molecular complexity index is 428. The van der Waals surface area contributed by atoms with E-state index in [4.69, 9.17) is 18.0 Å². The number of carbonyl (C=O) groups is 1. The van der Waals surface area contributed by atoms with Gasteiger partial charge in [0.1, 0.15) is 4.75 Å². The molecule has 0 unspecified atom stereocenters. The smallest absolute Gasteiger partial charge is 0.243 e. The van der Waals surface area contributed by atoms with E-state index in [-0.39, 0.29) is 6.04 Å². The number of rotatable bonds is 6. The van der Waals surface area contributed by atoms with Crippen molar-refractivity contribution in [2.45, 2.75) is 44.9 Å². The topological polar surface area (TPSA) is 80.5 Å². The minimum atomic E-state index is -3.47. The molecule has 5 nitrogen and oxygen atoms in total. The van der Waals surface area contributed by atoms with Crippen LogP contribution < -0.4 is 5.73 Å². The van der Waals surface area contributed by atoms with Crippen molar-refractivity contribution in [1.82, 2.24) is 4.90 Å². The molecule has 0 aliphatic carbocycles. The fraction of sp³-hybridized carbons (Fsp3) is 0.818. The van der Waals surface area contributed by atoms with Gasteiger partial charge in [-0.05, 0) is 27.7 Å². The molecular weight excluding hydrogens is 272 g/mol. The van der Waals surface area contributed by atoms with Crippen molar-refractivity contribution in [2.24, 2.45) is 5.73 Å². The quantitative estimate of drug-likeness (QED) is 0.730. The first-order valence-corrected chi connectivity index (χ1v) is 8.00. The van der Waals surface area contributed by atoms with E-state index in [1.165, 1.54) is 18.7 Å². The predicted molar refractivity (Wildman–Crippen MR) is 77.2 cm³/mol. The van der Waals surface area contributed by atoms with Crippen molar-refractivity contribution in [3.8, 4) is 0 Å². The normalized spacial score (nSPS) is 12.6. The molecule has 106 valence electrons. The Morgan fingerprint density at radius 2 is 1.83 bits per heavy atom. The molecule has 0 aromatic rings. The summed E-state index contributed by atoms with van der Waals surface area (Å²) < 4.78 is 21.9. The number of hydrogen-bond donors (Lipinski definition) is 1. The van der Waals surface area contributed by atoms with E-state index < -0.39 is 20.5 Å². The fourth-order valence-electron chi connectivity index (χ4n) is 1.33. The Morgan fingerprint density at radius 3 is 2.11 bits per heavy atom. The average Bonchev–Trinajstić information content (AvgIpc) is 2.14. The van der Waals surface area contributed by atoms with Crippen molar-refractivity contribution in [1.29, 1.82) is 0 Å². The highest BCUT2D eigenvalue weighted by Gasteiger charge is 2.41. The molecule has 0 aromatic heterocycles. The lowest BCUT2D eigenvalue weighted by Gasteiger charge is -2.33. The Kier molecular flexibility index (Phi) is 5.74. The van der Waals surface area contributed by atoms with E-state index in [9.17, 15) is 13.2 Å². The highest BCUT2D eigenvalue weighted by atomic mass is 32.2. The SMILES string of the molecule is CC(C)N(CCC(N)=S)C(=O)C(C)(C)S(C)(=O)=O. The standard InChI is InChI=1S/C11H22N2O3S2/c1-8(2)13(7-6-9(12)17)10(14)11(3,4)18(5,15)16/h8H,6-7H2,1-5H3,(H2,12,17). The second-order valence-electron chi connectivity index (χ2n) is 5.09. The van der Waals surface area contributed by atoms with Crippen LogP contribution in [0.25, 0.3) is 0 Å². The number of nitrogens with two attached hydrogens (primary N) is 1. The molecule has 0 rings (SSSR count). The summed E-state index contributed by atoms with van der Waals surface area (Å²) in [5, 5.41) is 0. The lowest BCUT2D eigenvalue weighted by Crippen LogP contribution is -2.52. The largest absolute Gasteiger partial charge is 0.393 e. The molecule has 0 bridgehead atoms. The van der Waals surface area contributed by atoms with E-state index in [1.54, 1.807) is 0 Å². The van der Waals surface area contributed by atoms with Gasteiger partial charge in [0.05, 0.1) is 4.99 Å². The van der Waals surface area contributed by atoms with Gasteiger partial charge in [-0.1, -0.05) is 12.2 Å². The Morgan fingerprint density at radius 1 is 1.39 bits per heavy atom. The van der Waals surface area contributed by atoms with Gasteiger partial charge in [0.25, 0.3) is 0 Å². The first-order valence-electron chi connectivity index (χ1n) is 5.70. The van der Waals surface area contributed by atoms with E-state index in [1.807, 2.05) is 13.8 Å². The molecule has 0 aromatic carbocycles. The maximum Gasteiger partial charge on any atom is 0.243 e. The van der Waals surface area contributed by atoms with Gasteiger partial charge < -0.3 is 10.6 Å². The highest BCUT2D eigenvalue weighted by Crippen LogP contribution is 2.20. The van der Waals surface area contributed by atoms with Gasteiger partial charge in [-0.15, -0.1) is 0 Å². The van der Waals surface area contributed by atoms with Crippen molar-refractivity contribution in [3.63, 3.8) is 0 Å². The fourth-order valence-corrected chi connectivity index (χ4v) is 1.86. The maximum atomic E-state index is 12.3. The number of carbonyl (C=O) groups excluding carboxylic acids is 1. The summed E-state index contributed by atoms with van der Waals surface area (Å²) in [4.78, 5) is 14.1. The molecule has 0 aliphatic heterocycles. The minimum Gasteiger partial charge on any atom is -0.393 e. The summed E-state index contributed by atoms with van der Waals surface area (Å²) in [7, 11) is -3.47. The first kappa shape index (κ1) is 17.3. The van der Waals surface area contributed by atoms with Crippen LogP contribution in [0.3, 0.4) is 0 Å². The molecule has 0 aliphatic rings. The second kappa shape index (κ2) is 5.97. The van der Waals surface area contributed by atoms with Crippen molar-refractivity contribution in [2.75, 3.05) is 12.8 Å². The van der Waals surface area contributed by atoms with Gasteiger partial charge in [0, 0.05) is 25.3 Å². The monoisotopic (exact) mass is 294 g/mol. The van der Waals surface area contributed by atoms with Crippen LogP contribution in [0.4, 0.5) is 0 Å². The number of hydrogen-bond acceptors (Lipinski definition) is 4. The van der Waals surface area contributed by atoms with E-state index in [0.717, 1.165) is 6.26 Å². The highest BCUT2D eigenvalue weighted by molar-refractivity contribution is 7.92. The van der Waals surface area contributed by atoms with Crippen LogP contribution in [0.2, 0.25) is 0 Å². The summed E-state index contributed by atoms with van der Waals surface area (Å²) in [6.45, 7) is 6.83. The van der Waals surface area contributed by atoms with Gasteiger partial charge in [0.2, 0.25) is 5.91 Å². The third kappa shape index (κ3) is 4.20. The zero-order chi connectivity index (χ0) is 14.7. The Hall–Kier alpha value is -0.690. The Balaban J connectivity index is 5.16. The van der Waals surface area contributed by atoms with Crippen molar-refractivity contribution >= 4 is 33.0 Å². The third-order valence-corrected chi connectivity index (χ3v) is 5.16. The van der Waals surface area contributed by atoms with Crippen LogP contribution in [0, 0.1) is 0 Å². The molecule has 2 N–H and O–H groups in total. The number of amides is 1. The molecule has 0 heterocycles. The average molecular weight is 294 g/mol. The third-order valence-electron chi connectivity index (χ3n) is 2.93. The molecular formula is C11H22N2O3S2. The Labute approximate surface area is 115 Å². The molecule has 0 saturated heterocycles. The lowest BCUT2D eigenvalue weighted by atomic mass is 10.1. The van der Waals surface area contributed by atoms with E-state index in [2.05, 4.69) is 0 Å². The number of nitrogens with zero attached hydrogens (tertiary/aromatic N) is 1. The molecule has 18 heavy (non-hydrogen) atoms. The van der Waals surface area contributed by atoms with Crippen molar-refractivity contribution < 1.29 is 13.2 Å². The van der Waals surface area contributed by atoms with Gasteiger partial charge >= 0.3 is 0 Å². The van der Waals surface area contributed by atoms with Gasteiger partial charge in [-0.3, -0.25) is 4.79 Å². The van der Waals surface area contributed by atoms with Gasteiger partial charge in [-0.2, -0.15) is 0 Å². The van der Waals surface area contributed by atoms with Crippen LogP contribution in [0.5, 0.6) is 0 Å². The van der Waals surface area contributed by atoms with Crippen LogP contribution >= 0.6 is 12.2 Å². The summed E-state index contributed by atoms with van der Waals surface area (Å²) in [6, 6.07) is -0.104. The van der Waals surface area contributed by atoms with Crippen LogP contribution in [-0.2, 0) is 14.6 Å². The molecule has 0 spiro atoms. The van der Waals surface area contributed by atoms with Gasteiger partial charge in [-0.25, -0.2) is 8.42 Å².